The Balaban J connectivity index is 1.92. The smallest absolute Gasteiger partial charge is 0.307 e. The molecule has 0 bridgehead atoms. The van der Waals surface area contributed by atoms with Gasteiger partial charge in [-0.2, -0.15) is 0 Å². The summed E-state index contributed by atoms with van der Waals surface area (Å²) in [7, 11) is -0.108. The van der Waals surface area contributed by atoms with E-state index >= 15 is 0 Å². The van der Waals surface area contributed by atoms with Crippen molar-refractivity contribution in [1.29, 1.82) is 0 Å². The number of rotatable bonds is 5. The summed E-state index contributed by atoms with van der Waals surface area (Å²) in [5.74, 6) is -3.35. The lowest BCUT2D eigenvalue weighted by atomic mass is 9.81. The number of benzene rings is 2. The van der Waals surface area contributed by atoms with Gasteiger partial charge in [0.15, 0.2) is 5.54 Å². The summed E-state index contributed by atoms with van der Waals surface area (Å²) in [6.07, 6.45) is 2.69. The third-order valence-electron chi connectivity index (χ3n) is 6.31. The number of likely N-dealkylation sites (N-methyl/N-ethyl adjacent to an activating group) is 1. The molecule has 3 N–H and O–H groups in total. The lowest BCUT2D eigenvalue weighted by Gasteiger charge is -2.32. The largest absolute Gasteiger partial charge is 0.411 e. The van der Waals surface area contributed by atoms with Crippen LogP contribution in [0, 0.1) is 5.82 Å². The molecule has 4 rings (SSSR count). The van der Waals surface area contributed by atoms with Crippen LogP contribution in [0.15, 0.2) is 67.0 Å². The van der Waals surface area contributed by atoms with E-state index in [4.69, 9.17) is 10.5 Å². The molecule has 0 saturated carbocycles. The zero-order valence-electron chi connectivity index (χ0n) is 20.4. The first kappa shape index (κ1) is 24.7. The number of carbonyl (C=O) groups excluding carboxylic acids is 2. The Hall–Kier alpha value is -3.40. The second-order valence-corrected chi connectivity index (χ2v) is 14.9. The van der Waals surface area contributed by atoms with E-state index in [1.807, 2.05) is 30.3 Å². The first-order valence-electron chi connectivity index (χ1n) is 11.3. The summed E-state index contributed by atoms with van der Waals surface area (Å²) in [6, 6.07) is 16.4. The van der Waals surface area contributed by atoms with Gasteiger partial charge >= 0.3 is 11.9 Å². The van der Waals surface area contributed by atoms with Gasteiger partial charge in [0.1, 0.15) is 5.82 Å². The molecule has 1 aliphatic rings. The molecule has 1 aromatic heterocycles. The number of hydrogen-bond donors (Lipinski definition) is 2. The third-order valence-corrected chi connectivity index (χ3v) is 8.37. The molecule has 3 aromatic rings. The summed E-state index contributed by atoms with van der Waals surface area (Å²) >= 11 is 0. The van der Waals surface area contributed by atoms with Gasteiger partial charge in [-0.05, 0) is 28.8 Å². The highest BCUT2D eigenvalue weighted by atomic mass is 28.3. The quantitative estimate of drug-likeness (QED) is 0.323. The Bertz CT molecular complexity index is 1290. The van der Waals surface area contributed by atoms with Crippen molar-refractivity contribution in [3.05, 3.63) is 83.9 Å². The molecule has 2 atom stereocenters. The van der Waals surface area contributed by atoms with Gasteiger partial charge in [-0.3, -0.25) is 25.2 Å². The Labute approximate surface area is 205 Å². The standard InChI is InChI=1S/C26H29FN4O3Si/c1-17(32)34-26(28)30-25(24(33)31(26)2,20-9-11-23(12-10-20)35(3,4)5)21-8-6-7-18(13-21)19-14-22(27)16-29-15-19/h6-16,30H,28H2,1-5H3. The number of hydrogen-bond acceptors (Lipinski definition) is 6. The van der Waals surface area contributed by atoms with Gasteiger partial charge in [-0.1, -0.05) is 67.3 Å². The van der Waals surface area contributed by atoms with Crippen LogP contribution in [0.4, 0.5) is 4.39 Å². The van der Waals surface area contributed by atoms with Gasteiger partial charge in [0.25, 0.3) is 5.91 Å². The van der Waals surface area contributed by atoms with Crippen LogP contribution in [0.2, 0.25) is 19.6 Å². The minimum atomic E-state index is -1.86. The van der Waals surface area contributed by atoms with Crippen molar-refractivity contribution in [2.45, 2.75) is 38.1 Å². The molecule has 1 aliphatic heterocycles. The van der Waals surface area contributed by atoms with Crippen molar-refractivity contribution in [2.24, 2.45) is 5.73 Å². The molecule has 1 saturated heterocycles. The summed E-state index contributed by atoms with van der Waals surface area (Å²) in [4.78, 5) is 30.9. The van der Waals surface area contributed by atoms with Crippen LogP contribution < -0.4 is 16.2 Å². The molecule has 2 heterocycles. The molecule has 0 spiro atoms. The van der Waals surface area contributed by atoms with E-state index in [1.165, 1.54) is 30.1 Å². The van der Waals surface area contributed by atoms with Crippen molar-refractivity contribution >= 4 is 25.1 Å². The van der Waals surface area contributed by atoms with Gasteiger partial charge in [-0.15, -0.1) is 0 Å². The fourth-order valence-corrected chi connectivity index (χ4v) is 5.57. The number of halogens is 1. The van der Waals surface area contributed by atoms with Crippen LogP contribution >= 0.6 is 0 Å². The number of nitrogens with two attached hydrogens (primary N) is 1. The minimum absolute atomic E-state index is 0.392. The van der Waals surface area contributed by atoms with Crippen molar-refractivity contribution in [1.82, 2.24) is 15.2 Å². The average Bonchev–Trinajstić information content (AvgIpc) is 3.00. The fraction of sp³-hybridized carbons (Fsp3) is 0.269. The number of nitrogens with zero attached hydrogens (tertiary/aromatic N) is 2. The van der Waals surface area contributed by atoms with Crippen LogP contribution in [0.25, 0.3) is 11.1 Å². The predicted molar refractivity (Wildman–Crippen MR) is 134 cm³/mol. The van der Waals surface area contributed by atoms with Gasteiger partial charge in [0.2, 0.25) is 0 Å². The highest BCUT2D eigenvalue weighted by molar-refractivity contribution is 6.88. The number of carbonyl (C=O) groups is 2. The summed E-state index contributed by atoms with van der Waals surface area (Å²) < 4.78 is 19.2. The lowest BCUT2D eigenvalue weighted by molar-refractivity contribution is -0.180. The zero-order valence-corrected chi connectivity index (χ0v) is 21.4. The second kappa shape index (κ2) is 8.67. The highest BCUT2D eigenvalue weighted by Gasteiger charge is 2.60. The first-order valence-corrected chi connectivity index (χ1v) is 14.8. The van der Waals surface area contributed by atoms with Crippen LogP contribution in [0.3, 0.4) is 0 Å². The van der Waals surface area contributed by atoms with Crippen molar-refractivity contribution < 1.29 is 18.7 Å². The first-order chi connectivity index (χ1) is 16.4. The van der Waals surface area contributed by atoms with Gasteiger partial charge < -0.3 is 4.74 Å². The molecule has 182 valence electrons. The molecule has 1 fully saturated rings. The molecule has 2 aromatic carbocycles. The SMILES string of the molecule is CC(=O)OC1(N)NC(c2ccc([Si](C)(C)C)cc2)(c2cccc(-c3cncc(F)c3)c2)C(=O)N1C. The number of nitrogens with one attached hydrogen (secondary N) is 1. The fourth-order valence-electron chi connectivity index (χ4n) is 4.40. The van der Waals surface area contributed by atoms with E-state index in [-0.39, 0.29) is 0 Å². The monoisotopic (exact) mass is 492 g/mol. The Kier molecular flexibility index (Phi) is 6.12. The highest BCUT2D eigenvalue weighted by Crippen LogP contribution is 2.40. The zero-order chi connectivity index (χ0) is 25.6. The maximum absolute atomic E-state index is 13.9. The van der Waals surface area contributed by atoms with E-state index in [2.05, 4.69) is 29.9 Å². The topological polar surface area (TPSA) is 97.5 Å². The van der Waals surface area contributed by atoms with Crippen molar-refractivity contribution in [2.75, 3.05) is 7.05 Å². The predicted octanol–water partition coefficient (Wildman–Crippen LogP) is 2.87. The molecule has 0 radical (unpaired) electrons. The number of aromatic nitrogens is 1. The molecule has 9 heteroatoms. The maximum atomic E-state index is 13.9. The van der Waals surface area contributed by atoms with E-state index in [9.17, 15) is 14.0 Å². The molecule has 7 nitrogen and oxygen atoms in total. The molecule has 2 unspecified atom stereocenters. The van der Waals surface area contributed by atoms with Gasteiger partial charge in [0.05, 0.1) is 14.3 Å². The van der Waals surface area contributed by atoms with E-state index in [1.54, 1.807) is 24.4 Å². The van der Waals surface area contributed by atoms with Crippen LogP contribution in [-0.4, -0.2) is 42.9 Å². The Morgan fingerprint density at radius 1 is 1.06 bits per heavy atom. The lowest BCUT2D eigenvalue weighted by Crippen LogP contribution is -2.63. The number of ether oxygens (including phenoxy) is 1. The third kappa shape index (κ3) is 4.38. The molecule has 1 amide bonds. The second-order valence-electron chi connectivity index (χ2n) is 9.83. The summed E-state index contributed by atoms with van der Waals surface area (Å²) in [5, 5.41) is 4.36. The number of amides is 1. The summed E-state index contributed by atoms with van der Waals surface area (Å²) in [5.41, 5.74) is 7.41. The van der Waals surface area contributed by atoms with E-state index in [0.717, 1.165) is 6.20 Å². The molecule has 0 aliphatic carbocycles. The normalized spacial score (nSPS) is 22.4. The van der Waals surface area contributed by atoms with E-state index < -0.39 is 37.3 Å². The maximum Gasteiger partial charge on any atom is 0.307 e. The Morgan fingerprint density at radius 2 is 1.74 bits per heavy atom. The van der Waals surface area contributed by atoms with Gasteiger partial charge in [0, 0.05) is 25.7 Å². The number of pyridine rings is 1. The molecular formula is C26H29FN4O3Si. The van der Waals surface area contributed by atoms with Crippen LogP contribution in [0.5, 0.6) is 0 Å². The molecule has 35 heavy (non-hydrogen) atoms. The van der Waals surface area contributed by atoms with Crippen LogP contribution in [0.1, 0.15) is 18.1 Å². The van der Waals surface area contributed by atoms with Crippen molar-refractivity contribution in [3.63, 3.8) is 0 Å². The molecular weight excluding hydrogens is 463 g/mol. The number of esters is 1. The minimum Gasteiger partial charge on any atom is -0.411 e. The van der Waals surface area contributed by atoms with Gasteiger partial charge in [-0.25, -0.2) is 9.71 Å². The van der Waals surface area contributed by atoms with E-state index in [0.29, 0.717) is 22.3 Å². The Morgan fingerprint density at radius 3 is 2.34 bits per heavy atom. The summed E-state index contributed by atoms with van der Waals surface area (Å²) in [6.45, 7) is 7.96. The van der Waals surface area contributed by atoms with Crippen LogP contribution in [-0.2, 0) is 19.9 Å². The average molecular weight is 493 g/mol. The van der Waals surface area contributed by atoms with Crippen molar-refractivity contribution in [3.8, 4) is 11.1 Å².